The lowest BCUT2D eigenvalue weighted by atomic mass is 10.2. The van der Waals surface area contributed by atoms with Gasteiger partial charge in [-0.3, -0.25) is 4.55 Å². The van der Waals surface area contributed by atoms with Gasteiger partial charge < -0.3 is 4.74 Å². The van der Waals surface area contributed by atoms with Crippen molar-refractivity contribution in [1.82, 2.24) is 0 Å². The Bertz CT molecular complexity index is 395. The molecule has 0 spiro atoms. The van der Waals surface area contributed by atoms with Gasteiger partial charge in [0.25, 0.3) is 0 Å². The molecule has 1 N–H and O–H groups in total. The molecule has 15 heavy (non-hydrogen) atoms. The summed E-state index contributed by atoms with van der Waals surface area (Å²) < 4.78 is 37.8. The molecular formula is C9H12O5S. The number of hydrogen-bond acceptors (Lipinski definition) is 4. The van der Waals surface area contributed by atoms with E-state index in [-0.39, 0.29) is 13.2 Å². The number of ether oxygens (including phenoxy) is 1. The first-order valence-corrected chi connectivity index (χ1v) is 5.65. The molecule has 0 saturated carbocycles. The second kappa shape index (κ2) is 5.11. The van der Waals surface area contributed by atoms with Gasteiger partial charge in [0.2, 0.25) is 0 Å². The summed E-state index contributed by atoms with van der Waals surface area (Å²) >= 11 is 0. The van der Waals surface area contributed by atoms with E-state index in [0.717, 1.165) is 5.56 Å². The molecule has 1 aromatic carbocycles. The third kappa shape index (κ3) is 5.36. The van der Waals surface area contributed by atoms with Crippen molar-refractivity contribution in [2.75, 3.05) is 13.2 Å². The average Bonchev–Trinajstić information content (AvgIpc) is 2.14. The van der Waals surface area contributed by atoms with Crippen LogP contribution in [0.15, 0.2) is 24.3 Å². The lowest BCUT2D eigenvalue weighted by molar-refractivity contribution is 0.202. The predicted molar refractivity (Wildman–Crippen MR) is 54.2 cm³/mol. The smallest absolute Gasteiger partial charge is 0.397 e. The normalized spacial score (nSPS) is 11.3. The van der Waals surface area contributed by atoms with Gasteiger partial charge in [-0.25, -0.2) is 4.18 Å². The Morgan fingerprint density at radius 3 is 2.33 bits per heavy atom. The fourth-order valence-corrected chi connectivity index (χ4v) is 1.21. The van der Waals surface area contributed by atoms with E-state index in [0.29, 0.717) is 5.75 Å². The molecule has 6 heteroatoms. The van der Waals surface area contributed by atoms with Crippen LogP contribution in [0.1, 0.15) is 5.56 Å². The molecule has 0 fully saturated rings. The minimum atomic E-state index is -4.37. The number of rotatable bonds is 5. The van der Waals surface area contributed by atoms with Gasteiger partial charge in [0.15, 0.2) is 0 Å². The van der Waals surface area contributed by atoms with Gasteiger partial charge in [-0.2, -0.15) is 8.42 Å². The summed E-state index contributed by atoms with van der Waals surface area (Å²) in [7, 11) is -4.37. The highest BCUT2D eigenvalue weighted by Crippen LogP contribution is 2.10. The maximum absolute atomic E-state index is 10.2. The fraction of sp³-hybridized carbons (Fsp3) is 0.333. The molecular weight excluding hydrogens is 220 g/mol. The number of aryl methyl sites for hydroxylation is 1. The van der Waals surface area contributed by atoms with Crippen LogP contribution in [-0.2, 0) is 14.6 Å². The molecule has 5 nitrogen and oxygen atoms in total. The van der Waals surface area contributed by atoms with Crippen LogP contribution in [0, 0.1) is 6.92 Å². The van der Waals surface area contributed by atoms with Crippen molar-refractivity contribution in [1.29, 1.82) is 0 Å². The summed E-state index contributed by atoms with van der Waals surface area (Å²) in [6, 6.07) is 7.28. The summed E-state index contributed by atoms with van der Waals surface area (Å²) in [4.78, 5) is 0. The van der Waals surface area contributed by atoms with Crippen molar-refractivity contribution < 1.29 is 21.9 Å². The maximum atomic E-state index is 10.2. The van der Waals surface area contributed by atoms with Crippen LogP contribution in [-0.4, -0.2) is 26.2 Å². The average molecular weight is 232 g/mol. The lowest BCUT2D eigenvalue weighted by Gasteiger charge is -2.05. The molecule has 1 rings (SSSR count). The molecule has 0 radical (unpaired) electrons. The Labute approximate surface area is 88.6 Å². The van der Waals surface area contributed by atoms with Gasteiger partial charge >= 0.3 is 10.4 Å². The summed E-state index contributed by atoms with van der Waals surface area (Å²) in [6.45, 7) is 1.79. The standard InChI is InChI=1S/C9H12O5S/c1-8-2-4-9(5-3-8)13-6-7-14-15(10,11)12/h2-5H,6-7H2,1H3,(H,10,11,12). The van der Waals surface area contributed by atoms with Gasteiger partial charge in [-0.1, -0.05) is 17.7 Å². The quantitative estimate of drug-likeness (QED) is 0.610. The van der Waals surface area contributed by atoms with Crippen molar-refractivity contribution in [3.05, 3.63) is 29.8 Å². The van der Waals surface area contributed by atoms with Crippen molar-refractivity contribution in [3.8, 4) is 5.75 Å². The summed E-state index contributed by atoms with van der Waals surface area (Å²) in [6.07, 6.45) is 0. The molecule has 0 aliphatic carbocycles. The molecule has 1 aromatic rings. The highest BCUT2D eigenvalue weighted by Gasteiger charge is 2.03. The first kappa shape index (κ1) is 12.0. The SMILES string of the molecule is Cc1ccc(OCCOS(=O)(=O)O)cc1. The summed E-state index contributed by atoms with van der Waals surface area (Å²) in [5.74, 6) is 0.625. The van der Waals surface area contributed by atoms with Crippen LogP contribution in [0.3, 0.4) is 0 Å². The molecule has 0 aliphatic heterocycles. The minimum Gasteiger partial charge on any atom is -0.491 e. The van der Waals surface area contributed by atoms with E-state index in [2.05, 4.69) is 4.18 Å². The first-order chi connectivity index (χ1) is 6.97. The Kier molecular flexibility index (Phi) is 4.07. The van der Waals surface area contributed by atoms with E-state index < -0.39 is 10.4 Å². The van der Waals surface area contributed by atoms with Crippen LogP contribution in [0.25, 0.3) is 0 Å². The summed E-state index contributed by atoms with van der Waals surface area (Å²) in [5.41, 5.74) is 1.11. The molecule has 0 aliphatic rings. The second-order valence-corrected chi connectivity index (χ2v) is 4.00. The Balaban J connectivity index is 2.29. The van der Waals surface area contributed by atoms with Gasteiger partial charge in [0, 0.05) is 0 Å². The zero-order valence-electron chi connectivity index (χ0n) is 8.21. The minimum absolute atomic E-state index is 0.0584. The van der Waals surface area contributed by atoms with E-state index in [4.69, 9.17) is 9.29 Å². The number of hydrogen-bond donors (Lipinski definition) is 1. The van der Waals surface area contributed by atoms with Crippen molar-refractivity contribution in [3.63, 3.8) is 0 Å². The van der Waals surface area contributed by atoms with E-state index in [1.165, 1.54) is 0 Å². The van der Waals surface area contributed by atoms with Crippen LogP contribution in [0.5, 0.6) is 5.75 Å². The first-order valence-electron chi connectivity index (χ1n) is 4.29. The zero-order chi connectivity index (χ0) is 11.3. The molecule has 0 bridgehead atoms. The van der Waals surface area contributed by atoms with Crippen LogP contribution < -0.4 is 4.74 Å². The fourth-order valence-electron chi connectivity index (χ4n) is 0.933. The van der Waals surface area contributed by atoms with E-state index in [1.807, 2.05) is 19.1 Å². The molecule has 0 unspecified atom stereocenters. The maximum Gasteiger partial charge on any atom is 0.397 e. The van der Waals surface area contributed by atoms with Crippen LogP contribution in [0.2, 0.25) is 0 Å². The lowest BCUT2D eigenvalue weighted by Crippen LogP contribution is -2.11. The molecule has 0 aromatic heterocycles. The summed E-state index contributed by atoms with van der Waals surface area (Å²) in [5, 5.41) is 0. The largest absolute Gasteiger partial charge is 0.491 e. The molecule has 0 heterocycles. The second-order valence-electron chi connectivity index (χ2n) is 2.91. The van der Waals surface area contributed by atoms with Crippen molar-refractivity contribution in [2.24, 2.45) is 0 Å². The molecule has 0 atom stereocenters. The highest BCUT2D eigenvalue weighted by molar-refractivity contribution is 7.80. The zero-order valence-corrected chi connectivity index (χ0v) is 9.03. The number of benzene rings is 1. The van der Waals surface area contributed by atoms with Gasteiger partial charge in [-0.05, 0) is 19.1 Å². The van der Waals surface area contributed by atoms with E-state index in [9.17, 15) is 8.42 Å². The highest BCUT2D eigenvalue weighted by atomic mass is 32.3. The Morgan fingerprint density at radius 1 is 1.20 bits per heavy atom. The Hall–Kier alpha value is -1.11. The van der Waals surface area contributed by atoms with E-state index in [1.54, 1.807) is 12.1 Å². The molecule has 84 valence electrons. The van der Waals surface area contributed by atoms with Gasteiger partial charge in [0.1, 0.15) is 19.0 Å². The third-order valence-electron chi connectivity index (χ3n) is 1.61. The van der Waals surface area contributed by atoms with Gasteiger partial charge in [-0.15, -0.1) is 0 Å². The van der Waals surface area contributed by atoms with E-state index >= 15 is 0 Å². The third-order valence-corrected chi connectivity index (χ3v) is 2.07. The Morgan fingerprint density at radius 2 is 1.80 bits per heavy atom. The van der Waals surface area contributed by atoms with Crippen molar-refractivity contribution in [2.45, 2.75) is 6.92 Å². The topological polar surface area (TPSA) is 72.8 Å². The predicted octanol–water partition coefficient (Wildman–Crippen LogP) is 1.19. The van der Waals surface area contributed by atoms with Gasteiger partial charge in [0.05, 0.1) is 0 Å². The molecule has 0 saturated heterocycles. The monoisotopic (exact) mass is 232 g/mol. The van der Waals surface area contributed by atoms with Crippen LogP contribution >= 0.6 is 0 Å². The molecule has 0 amide bonds. The van der Waals surface area contributed by atoms with Crippen molar-refractivity contribution >= 4 is 10.4 Å². The van der Waals surface area contributed by atoms with Crippen LogP contribution in [0.4, 0.5) is 0 Å².